The van der Waals surface area contributed by atoms with Crippen LogP contribution in [0.5, 0.6) is 11.5 Å². The highest BCUT2D eigenvalue weighted by molar-refractivity contribution is 14.1. The summed E-state index contributed by atoms with van der Waals surface area (Å²) in [4.78, 5) is 28.2. The zero-order valence-electron chi connectivity index (χ0n) is 17.0. The van der Waals surface area contributed by atoms with E-state index < -0.39 is 11.9 Å². The molecular weight excluding hydrogens is 537 g/mol. The van der Waals surface area contributed by atoms with E-state index in [1.54, 1.807) is 19.1 Å². The molecule has 0 radical (unpaired) electrons. The van der Waals surface area contributed by atoms with Crippen molar-refractivity contribution in [3.05, 3.63) is 61.3 Å². The molecule has 162 valence electrons. The second-order valence-electron chi connectivity index (χ2n) is 6.43. The number of ether oxygens (including phenoxy) is 4. The predicted octanol–water partition coefficient (Wildman–Crippen LogP) is 4.55. The second kappa shape index (κ2) is 10.1. The maximum Gasteiger partial charge on any atom is 0.363 e. The van der Waals surface area contributed by atoms with Gasteiger partial charge in [0.1, 0.15) is 0 Å². The van der Waals surface area contributed by atoms with E-state index in [-0.39, 0.29) is 35.6 Å². The number of cyclic esters (lactones) is 1. The first-order chi connectivity index (χ1) is 14.8. The zero-order chi connectivity index (χ0) is 22.5. The van der Waals surface area contributed by atoms with Gasteiger partial charge >= 0.3 is 11.9 Å². The molecule has 31 heavy (non-hydrogen) atoms. The van der Waals surface area contributed by atoms with E-state index in [2.05, 4.69) is 27.6 Å². The lowest BCUT2D eigenvalue weighted by Crippen LogP contribution is -2.15. The molecule has 1 aliphatic rings. The van der Waals surface area contributed by atoms with Gasteiger partial charge in [0.05, 0.1) is 18.7 Å². The van der Waals surface area contributed by atoms with Crippen LogP contribution in [0, 0.1) is 10.5 Å². The maximum atomic E-state index is 12.3. The first-order valence-electron chi connectivity index (χ1n) is 9.27. The van der Waals surface area contributed by atoms with Crippen molar-refractivity contribution in [2.75, 3.05) is 20.3 Å². The third-order valence-corrected chi connectivity index (χ3v) is 5.68. The minimum atomic E-state index is -0.566. The summed E-state index contributed by atoms with van der Waals surface area (Å²) in [6, 6.07) is 8.89. The quantitative estimate of drug-likeness (QED) is 0.283. The van der Waals surface area contributed by atoms with Crippen molar-refractivity contribution >= 4 is 58.1 Å². The molecular formula is C22H19ClINO6. The molecule has 0 spiro atoms. The number of carbonyl (C=O) groups is 2. The van der Waals surface area contributed by atoms with Crippen molar-refractivity contribution in [3.8, 4) is 11.5 Å². The minimum Gasteiger partial charge on any atom is -0.493 e. The topological polar surface area (TPSA) is 83.4 Å². The number of hydrogen-bond donors (Lipinski definition) is 0. The van der Waals surface area contributed by atoms with E-state index in [1.165, 1.54) is 13.2 Å². The molecule has 2 aromatic carbocycles. The van der Waals surface area contributed by atoms with Crippen molar-refractivity contribution in [1.29, 1.82) is 0 Å². The molecule has 0 bridgehead atoms. The van der Waals surface area contributed by atoms with Crippen LogP contribution in [-0.2, 0) is 19.1 Å². The number of rotatable bonds is 7. The highest BCUT2D eigenvalue weighted by Gasteiger charge is 2.25. The highest BCUT2D eigenvalue weighted by atomic mass is 127. The first kappa shape index (κ1) is 23.1. The van der Waals surface area contributed by atoms with Gasteiger partial charge in [-0.1, -0.05) is 17.7 Å². The standard InChI is InChI=1S/C22H19ClINO6/c1-4-29-19(26)11-30-20-15(23)7-13(9-18(20)28-3)8-17-22(27)31-21(25-17)14-6-5-12(2)16(24)10-14/h5-10H,4,11H2,1-3H3/b17-8-. The third-order valence-electron chi connectivity index (χ3n) is 4.23. The Balaban J connectivity index is 1.87. The fraction of sp³-hybridized carbons (Fsp3) is 0.227. The van der Waals surface area contributed by atoms with Crippen LogP contribution in [0.3, 0.4) is 0 Å². The Hall–Kier alpha value is -2.59. The van der Waals surface area contributed by atoms with Gasteiger partial charge in [-0.3, -0.25) is 0 Å². The number of aliphatic imine (C=N–C) groups is 1. The van der Waals surface area contributed by atoms with Crippen LogP contribution < -0.4 is 9.47 Å². The summed E-state index contributed by atoms with van der Waals surface area (Å²) in [5.74, 6) is -0.350. The lowest BCUT2D eigenvalue weighted by atomic mass is 10.1. The van der Waals surface area contributed by atoms with E-state index in [0.717, 1.165) is 9.13 Å². The van der Waals surface area contributed by atoms with Gasteiger partial charge in [0.2, 0.25) is 5.90 Å². The Morgan fingerprint density at radius 2 is 2.06 bits per heavy atom. The maximum absolute atomic E-state index is 12.3. The van der Waals surface area contributed by atoms with E-state index in [4.69, 9.17) is 30.5 Å². The normalized spacial score (nSPS) is 14.3. The number of aryl methyl sites for hydroxylation is 1. The number of carbonyl (C=O) groups excluding carboxylic acids is 2. The second-order valence-corrected chi connectivity index (χ2v) is 8.00. The van der Waals surface area contributed by atoms with E-state index >= 15 is 0 Å². The van der Waals surface area contributed by atoms with Gasteiger partial charge in [0.15, 0.2) is 23.8 Å². The molecule has 7 nitrogen and oxygen atoms in total. The molecule has 3 rings (SSSR count). The first-order valence-corrected chi connectivity index (χ1v) is 10.7. The molecule has 1 heterocycles. The van der Waals surface area contributed by atoms with Gasteiger partial charge in [-0.05, 0) is 77.9 Å². The van der Waals surface area contributed by atoms with Crippen molar-refractivity contribution in [2.45, 2.75) is 13.8 Å². The van der Waals surface area contributed by atoms with Crippen molar-refractivity contribution in [2.24, 2.45) is 4.99 Å². The molecule has 0 unspecified atom stereocenters. The minimum absolute atomic E-state index is 0.129. The van der Waals surface area contributed by atoms with Gasteiger partial charge in [-0.25, -0.2) is 14.6 Å². The fourth-order valence-electron chi connectivity index (χ4n) is 2.71. The Morgan fingerprint density at radius 1 is 1.29 bits per heavy atom. The summed E-state index contributed by atoms with van der Waals surface area (Å²) in [5, 5.41) is 0.208. The highest BCUT2D eigenvalue weighted by Crippen LogP contribution is 2.37. The Labute approximate surface area is 198 Å². The number of methoxy groups -OCH3 is 1. The van der Waals surface area contributed by atoms with E-state index in [9.17, 15) is 9.59 Å². The summed E-state index contributed by atoms with van der Waals surface area (Å²) in [7, 11) is 1.44. The lowest BCUT2D eigenvalue weighted by Gasteiger charge is -2.12. The summed E-state index contributed by atoms with van der Waals surface area (Å²) in [5.41, 5.74) is 2.52. The van der Waals surface area contributed by atoms with Crippen molar-refractivity contribution < 1.29 is 28.5 Å². The van der Waals surface area contributed by atoms with Gasteiger partial charge in [0.25, 0.3) is 0 Å². The van der Waals surface area contributed by atoms with Crippen LogP contribution in [0.15, 0.2) is 41.0 Å². The summed E-state index contributed by atoms with van der Waals surface area (Å²) in [6.45, 7) is 3.64. The molecule has 0 N–H and O–H groups in total. The largest absolute Gasteiger partial charge is 0.493 e. The predicted molar refractivity (Wildman–Crippen MR) is 125 cm³/mol. The molecule has 0 aromatic heterocycles. The van der Waals surface area contributed by atoms with Crippen LogP contribution in [0.25, 0.3) is 6.08 Å². The summed E-state index contributed by atoms with van der Waals surface area (Å²) in [6.07, 6.45) is 1.54. The molecule has 0 aliphatic carbocycles. The Kier molecular flexibility index (Phi) is 7.55. The third kappa shape index (κ3) is 5.56. The molecule has 0 saturated heterocycles. The number of hydrogen-bond acceptors (Lipinski definition) is 7. The van der Waals surface area contributed by atoms with Crippen LogP contribution in [0.1, 0.15) is 23.6 Å². The van der Waals surface area contributed by atoms with E-state index in [0.29, 0.717) is 16.9 Å². The Morgan fingerprint density at radius 3 is 2.74 bits per heavy atom. The molecule has 9 heteroatoms. The number of halogens is 2. The van der Waals surface area contributed by atoms with Gasteiger partial charge in [-0.15, -0.1) is 0 Å². The molecule has 0 fully saturated rings. The molecule has 0 amide bonds. The lowest BCUT2D eigenvalue weighted by molar-refractivity contribution is -0.145. The van der Waals surface area contributed by atoms with Crippen molar-refractivity contribution in [1.82, 2.24) is 0 Å². The van der Waals surface area contributed by atoms with Crippen LogP contribution in [0.2, 0.25) is 5.02 Å². The van der Waals surface area contributed by atoms with Crippen LogP contribution in [0.4, 0.5) is 0 Å². The van der Waals surface area contributed by atoms with Crippen molar-refractivity contribution in [3.63, 3.8) is 0 Å². The van der Waals surface area contributed by atoms with E-state index in [1.807, 2.05) is 25.1 Å². The SMILES string of the molecule is CCOC(=O)COc1c(Cl)cc(/C=C2\N=C(c3ccc(C)c(I)c3)OC2=O)cc1OC. The average Bonchev–Trinajstić information content (AvgIpc) is 3.09. The van der Waals surface area contributed by atoms with Crippen LogP contribution in [-0.4, -0.2) is 38.2 Å². The number of nitrogens with zero attached hydrogens (tertiary/aromatic N) is 1. The van der Waals surface area contributed by atoms with Crippen LogP contribution >= 0.6 is 34.2 Å². The number of esters is 2. The Bertz CT molecular complexity index is 1100. The van der Waals surface area contributed by atoms with Gasteiger partial charge in [0, 0.05) is 9.13 Å². The number of benzene rings is 2. The molecule has 1 aliphatic heterocycles. The summed E-state index contributed by atoms with van der Waals surface area (Å²) < 4.78 is 22.0. The smallest absolute Gasteiger partial charge is 0.363 e. The molecule has 2 aromatic rings. The average molecular weight is 556 g/mol. The monoisotopic (exact) mass is 555 g/mol. The van der Waals surface area contributed by atoms with Gasteiger partial charge < -0.3 is 18.9 Å². The van der Waals surface area contributed by atoms with Gasteiger partial charge in [-0.2, -0.15) is 0 Å². The zero-order valence-corrected chi connectivity index (χ0v) is 19.9. The fourth-order valence-corrected chi connectivity index (χ4v) is 3.50. The molecule has 0 atom stereocenters. The molecule has 0 saturated carbocycles. The summed E-state index contributed by atoms with van der Waals surface area (Å²) >= 11 is 8.53.